The maximum absolute atomic E-state index is 13.5. The molecule has 0 amide bonds. The van der Waals surface area contributed by atoms with Crippen molar-refractivity contribution in [3.05, 3.63) is 96.7 Å². The van der Waals surface area contributed by atoms with Gasteiger partial charge in [0.1, 0.15) is 5.75 Å². The van der Waals surface area contributed by atoms with Crippen LogP contribution in [0.25, 0.3) is 27.9 Å². The lowest BCUT2D eigenvalue weighted by molar-refractivity contribution is -0.164. The fourth-order valence-electron chi connectivity index (χ4n) is 6.79. The normalized spacial score (nSPS) is 15.7. The second-order valence-electron chi connectivity index (χ2n) is 15.0. The number of pyridine rings is 1. The number of rotatable bonds is 14. The molecule has 8 heteroatoms. The first kappa shape index (κ1) is 37.8. The minimum absolute atomic E-state index is 0.0548. The Balaban J connectivity index is 1.62. The lowest BCUT2D eigenvalue weighted by Crippen LogP contribution is -2.45. The molecule has 2 aromatic heterocycles. The van der Waals surface area contributed by atoms with Gasteiger partial charge in [0.2, 0.25) is 0 Å². The van der Waals surface area contributed by atoms with Gasteiger partial charge in [0.05, 0.1) is 47.9 Å². The topological polar surface area (TPSA) is 74.5 Å². The number of ether oxygens (including phenoxy) is 4. The SMILES string of the molecule is C=CCCC(C)Oc1ccc(C)cc1-c1cccc(-c2cc3c(N4CCC(C)(OCC=C)CC4)c(C(OC(C)(C)C)C(=O)OC)c(C)cn3n2)c1. The molecule has 1 fully saturated rings. The summed E-state index contributed by atoms with van der Waals surface area (Å²) in [5.74, 6) is 0.422. The smallest absolute Gasteiger partial charge is 0.339 e. The number of allylic oxidation sites excluding steroid dienone is 1. The molecule has 0 radical (unpaired) electrons. The summed E-state index contributed by atoms with van der Waals surface area (Å²) in [5, 5.41) is 5.12. The predicted octanol–water partition coefficient (Wildman–Crippen LogP) is 9.61. The molecule has 5 rings (SSSR count). The highest BCUT2D eigenvalue weighted by Gasteiger charge is 2.37. The van der Waals surface area contributed by atoms with Crippen LogP contribution in [0, 0.1) is 13.8 Å². The molecule has 2 unspecified atom stereocenters. The number of aromatic nitrogens is 2. The Morgan fingerprint density at radius 1 is 1.04 bits per heavy atom. The Morgan fingerprint density at radius 3 is 2.43 bits per heavy atom. The van der Waals surface area contributed by atoms with Crippen LogP contribution in [0.15, 0.2) is 80.0 Å². The van der Waals surface area contributed by atoms with Gasteiger partial charge in [0, 0.05) is 36.0 Å². The maximum Gasteiger partial charge on any atom is 0.339 e. The molecular formula is C43H55N3O5. The molecule has 0 aliphatic carbocycles. The molecular weight excluding hydrogens is 638 g/mol. The van der Waals surface area contributed by atoms with Gasteiger partial charge in [-0.1, -0.05) is 42.0 Å². The number of carbonyl (C=O) groups is 1. The summed E-state index contributed by atoms with van der Waals surface area (Å²) in [4.78, 5) is 15.8. The summed E-state index contributed by atoms with van der Waals surface area (Å²) >= 11 is 0. The summed E-state index contributed by atoms with van der Waals surface area (Å²) in [6, 6.07) is 16.9. The van der Waals surface area contributed by atoms with E-state index in [2.05, 4.69) is 87.4 Å². The maximum atomic E-state index is 13.5. The van der Waals surface area contributed by atoms with Crippen molar-refractivity contribution in [1.29, 1.82) is 0 Å². The van der Waals surface area contributed by atoms with Crippen LogP contribution in [0.5, 0.6) is 5.75 Å². The molecule has 1 saturated heterocycles. The lowest BCUT2D eigenvalue weighted by Gasteiger charge is -2.41. The summed E-state index contributed by atoms with van der Waals surface area (Å²) in [6.07, 6.45) is 8.29. The highest BCUT2D eigenvalue weighted by atomic mass is 16.6. The van der Waals surface area contributed by atoms with E-state index in [1.165, 1.54) is 7.11 Å². The van der Waals surface area contributed by atoms with Crippen molar-refractivity contribution in [3.8, 4) is 28.1 Å². The largest absolute Gasteiger partial charge is 0.490 e. The van der Waals surface area contributed by atoms with Crippen molar-refractivity contribution in [2.75, 3.05) is 31.7 Å². The molecule has 4 aromatic rings. The van der Waals surface area contributed by atoms with Crippen LogP contribution in [0.2, 0.25) is 0 Å². The van der Waals surface area contributed by atoms with E-state index in [9.17, 15) is 4.79 Å². The summed E-state index contributed by atoms with van der Waals surface area (Å²) in [5.41, 5.74) is 7.72. The molecule has 8 nitrogen and oxygen atoms in total. The molecule has 1 aliphatic rings. The Kier molecular flexibility index (Phi) is 11.8. The second kappa shape index (κ2) is 15.9. The van der Waals surface area contributed by atoms with Crippen LogP contribution in [0.4, 0.5) is 5.69 Å². The number of methoxy groups -OCH3 is 1. The Labute approximate surface area is 304 Å². The van der Waals surface area contributed by atoms with E-state index in [-0.39, 0.29) is 11.7 Å². The van der Waals surface area contributed by atoms with Crippen molar-refractivity contribution < 1.29 is 23.7 Å². The number of hydrogen-bond acceptors (Lipinski definition) is 7. The van der Waals surface area contributed by atoms with Gasteiger partial charge in [-0.3, -0.25) is 0 Å². The van der Waals surface area contributed by atoms with E-state index in [0.717, 1.165) is 94.8 Å². The molecule has 0 bridgehead atoms. The van der Waals surface area contributed by atoms with Gasteiger partial charge in [0.25, 0.3) is 0 Å². The van der Waals surface area contributed by atoms with Crippen molar-refractivity contribution in [3.63, 3.8) is 0 Å². The first-order chi connectivity index (χ1) is 24.3. The van der Waals surface area contributed by atoms with E-state index in [1.807, 2.05) is 44.5 Å². The van der Waals surface area contributed by atoms with Gasteiger partial charge in [0.15, 0.2) is 6.10 Å². The fourth-order valence-corrected chi connectivity index (χ4v) is 6.79. The van der Waals surface area contributed by atoms with Crippen LogP contribution >= 0.6 is 0 Å². The third kappa shape index (κ3) is 8.92. The standard InChI is InChI=1S/C43H55N3O5/c1-11-13-15-31(5)50-37-19-18-29(3)25-34(37)32-16-14-17-33(26-32)35-27-36-39(45-22-20-43(9,21-23-45)49-24-12-2)38(30(4)28-46(36)44-35)40(41(47)48-10)51-42(6,7)8/h11-12,14,16-19,25-28,31,40H,1-2,13,15,20-24H2,3-10H3. The molecule has 51 heavy (non-hydrogen) atoms. The first-order valence-electron chi connectivity index (χ1n) is 18.0. The van der Waals surface area contributed by atoms with Crippen LogP contribution in [-0.2, 0) is 19.0 Å². The summed E-state index contributed by atoms with van der Waals surface area (Å²) in [7, 11) is 1.41. The average molecular weight is 694 g/mol. The number of esters is 1. The fraction of sp³-hybridized carbons (Fsp3) is 0.442. The molecule has 2 aromatic carbocycles. The highest BCUT2D eigenvalue weighted by Crippen LogP contribution is 2.42. The van der Waals surface area contributed by atoms with Gasteiger partial charge in [-0.15, -0.1) is 13.2 Å². The molecule has 272 valence electrons. The van der Waals surface area contributed by atoms with E-state index in [0.29, 0.717) is 6.61 Å². The first-order valence-corrected chi connectivity index (χ1v) is 18.0. The van der Waals surface area contributed by atoms with Gasteiger partial charge in [-0.25, -0.2) is 9.31 Å². The Bertz CT molecular complexity index is 1860. The zero-order chi connectivity index (χ0) is 36.9. The number of aryl methyl sites for hydroxylation is 2. The molecule has 0 spiro atoms. The van der Waals surface area contributed by atoms with Crippen molar-refractivity contribution in [2.45, 2.75) is 97.6 Å². The van der Waals surface area contributed by atoms with Gasteiger partial charge in [-0.05, 0) is 110 Å². The number of benzene rings is 2. The summed E-state index contributed by atoms with van der Waals surface area (Å²) < 4.78 is 26.4. The number of carbonyl (C=O) groups excluding carboxylic acids is 1. The van der Waals surface area contributed by atoms with Crippen molar-refractivity contribution >= 4 is 17.2 Å². The minimum atomic E-state index is -0.921. The van der Waals surface area contributed by atoms with Crippen LogP contribution in [-0.4, -0.2) is 59.7 Å². The Morgan fingerprint density at radius 2 is 1.76 bits per heavy atom. The second-order valence-corrected chi connectivity index (χ2v) is 15.0. The van der Waals surface area contributed by atoms with Gasteiger partial charge in [-0.2, -0.15) is 5.10 Å². The predicted molar refractivity (Wildman–Crippen MR) is 207 cm³/mol. The number of nitrogens with zero attached hydrogens (tertiary/aromatic N) is 3. The highest BCUT2D eigenvalue weighted by molar-refractivity contribution is 5.88. The lowest BCUT2D eigenvalue weighted by atomic mass is 9.91. The number of anilines is 1. The van der Waals surface area contributed by atoms with E-state index in [4.69, 9.17) is 24.0 Å². The van der Waals surface area contributed by atoms with Crippen LogP contribution in [0.3, 0.4) is 0 Å². The van der Waals surface area contributed by atoms with Crippen molar-refractivity contribution in [1.82, 2.24) is 9.61 Å². The zero-order valence-corrected chi connectivity index (χ0v) is 31.8. The zero-order valence-electron chi connectivity index (χ0n) is 31.8. The molecule has 0 N–H and O–H groups in total. The average Bonchev–Trinajstić information content (AvgIpc) is 3.52. The molecule has 3 heterocycles. The van der Waals surface area contributed by atoms with E-state index < -0.39 is 17.7 Å². The van der Waals surface area contributed by atoms with Gasteiger partial charge < -0.3 is 23.8 Å². The monoisotopic (exact) mass is 693 g/mol. The minimum Gasteiger partial charge on any atom is -0.490 e. The third-order valence-electron chi connectivity index (χ3n) is 9.52. The molecule has 0 saturated carbocycles. The van der Waals surface area contributed by atoms with Gasteiger partial charge >= 0.3 is 5.97 Å². The third-order valence-corrected chi connectivity index (χ3v) is 9.52. The number of fused-ring (bicyclic) bond motifs is 1. The molecule has 1 aliphatic heterocycles. The number of piperidine rings is 1. The van der Waals surface area contributed by atoms with Crippen LogP contribution < -0.4 is 9.64 Å². The van der Waals surface area contributed by atoms with E-state index >= 15 is 0 Å². The van der Waals surface area contributed by atoms with Crippen LogP contribution in [0.1, 0.15) is 83.1 Å². The Hall–Kier alpha value is -4.40. The van der Waals surface area contributed by atoms with Crippen molar-refractivity contribution in [2.24, 2.45) is 0 Å². The number of hydrogen-bond donors (Lipinski definition) is 0. The summed E-state index contributed by atoms with van der Waals surface area (Å²) in [6.45, 7) is 23.9. The van der Waals surface area contributed by atoms with E-state index in [1.54, 1.807) is 6.08 Å². The molecule has 2 atom stereocenters. The quantitative estimate of drug-likeness (QED) is 0.0962.